The Morgan fingerprint density at radius 2 is 2.46 bits per heavy atom. The number of rotatable bonds is 3. The molecule has 4 heteroatoms. The first-order chi connectivity index (χ1) is 6.11. The largest absolute Gasteiger partial charge is 0.378 e. The van der Waals surface area contributed by atoms with E-state index in [2.05, 4.69) is 5.32 Å². The molecule has 1 aliphatic rings. The molecule has 1 aliphatic heterocycles. The number of nitrogens with one attached hydrogen (secondary N) is 1. The monoisotopic (exact) mass is 205 g/mol. The van der Waals surface area contributed by atoms with Gasteiger partial charge in [0, 0.05) is 19.1 Å². The van der Waals surface area contributed by atoms with E-state index in [0.29, 0.717) is 12.5 Å². The highest BCUT2D eigenvalue weighted by Gasteiger charge is 2.24. The topological polar surface area (TPSA) is 38.3 Å². The summed E-state index contributed by atoms with van der Waals surface area (Å²) in [6, 6.07) is 0. The summed E-state index contributed by atoms with van der Waals surface area (Å²) in [6.07, 6.45) is 1.28. The van der Waals surface area contributed by atoms with Gasteiger partial charge in [0.25, 0.3) is 0 Å². The van der Waals surface area contributed by atoms with Gasteiger partial charge in [0.1, 0.15) is 5.38 Å². The molecule has 1 heterocycles. The lowest BCUT2D eigenvalue weighted by molar-refractivity contribution is -0.120. The van der Waals surface area contributed by atoms with Crippen LogP contribution in [0.4, 0.5) is 0 Å². The van der Waals surface area contributed by atoms with Crippen LogP contribution < -0.4 is 5.32 Å². The van der Waals surface area contributed by atoms with Crippen molar-refractivity contribution in [3.63, 3.8) is 0 Å². The van der Waals surface area contributed by atoms with Crippen LogP contribution in [0.25, 0.3) is 0 Å². The molecule has 1 amide bonds. The average Bonchev–Trinajstić information content (AvgIpc) is 2.47. The molecule has 1 rings (SSSR count). The lowest BCUT2D eigenvalue weighted by Gasteiger charge is -2.15. The predicted molar refractivity (Wildman–Crippen MR) is 51.8 cm³/mol. The SMILES string of the molecule is CC(Cl)C(=O)NCC1CCOC1C. The molecule has 3 unspecified atom stereocenters. The molecule has 0 aliphatic carbocycles. The van der Waals surface area contributed by atoms with E-state index in [9.17, 15) is 4.79 Å². The van der Waals surface area contributed by atoms with Crippen molar-refractivity contribution in [1.82, 2.24) is 5.32 Å². The Balaban J connectivity index is 2.22. The predicted octanol–water partition coefficient (Wildman–Crippen LogP) is 1.15. The van der Waals surface area contributed by atoms with Crippen molar-refractivity contribution >= 4 is 17.5 Å². The zero-order valence-corrected chi connectivity index (χ0v) is 8.80. The maximum Gasteiger partial charge on any atom is 0.237 e. The van der Waals surface area contributed by atoms with Gasteiger partial charge < -0.3 is 10.1 Å². The van der Waals surface area contributed by atoms with Crippen molar-refractivity contribution in [3.05, 3.63) is 0 Å². The van der Waals surface area contributed by atoms with E-state index in [1.54, 1.807) is 6.92 Å². The van der Waals surface area contributed by atoms with Gasteiger partial charge in [0.05, 0.1) is 6.10 Å². The van der Waals surface area contributed by atoms with Crippen molar-refractivity contribution < 1.29 is 9.53 Å². The van der Waals surface area contributed by atoms with Crippen LogP contribution in [0.1, 0.15) is 20.3 Å². The van der Waals surface area contributed by atoms with E-state index in [1.165, 1.54) is 0 Å². The molecule has 76 valence electrons. The molecule has 0 spiro atoms. The second-order valence-corrected chi connectivity index (χ2v) is 4.14. The van der Waals surface area contributed by atoms with E-state index >= 15 is 0 Å². The minimum absolute atomic E-state index is 0.0965. The standard InChI is InChI=1S/C9H16ClNO2/c1-6(10)9(12)11-5-8-3-4-13-7(8)2/h6-8H,3-5H2,1-2H3,(H,11,12). The molecule has 3 nitrogen and oxygen atoms in total. The van der Waals surface area contributed by atoms with Gasteiger partial charge in [-0.3, -0.25) is 4.79 Å². The van der Waals surface area contributed by atoms with Crippen molar-refractivity contribution in [1.29, 1.82) is 0 Å². The maximum absolute atomic E-state index is 11.1. The van der Waals surface area contributed by atoms with E-state index in [-0.39, 0.29) is 12.0 Å². The Hall–Kier alpha value is -0.280. The zero-order chi connectivity index (χ0) is 9.84. The summed E-state index contributed by atoms with van der Waals surface area (Å²) in [5.74, 6) is 0.347. The summed E-state index contributed by atoms with van der Waals surface area (Å²) in [5, 5.41) is 2.36. The molecular formula is C9H16ClNO2. The van der Waals surface area contributed by atoms with Gasteiger partial charge in [-0.05, 0) is 20.3 Å². The minimum atomic E-state index is -0.447. The fraction of sp³-hybridized carbons (Fsp3) is 0.889. The minimum Gasteiger partial charge on any atom is -0.378 e. The van der Waals surface area contributed by atoms with Crippen molar-refractivity contribution in [3.8, 4) is 0 Å². The second kappa shape index (κ2) is 4.82. The van der Waals surface area contributed by atoms with Crippen LogP contribution in [-0.4, -0.2) is 30.5 Å². The highest BCUT2D eigenvalue weighted by molar-refractivity contribution is 6.30. The summed E-state index contributed by atoms with van der Waals surface area (Å²) in [6.45, 7) is 5.19. The molecule has 13 heavy (non-hydrogen) atoms. The normalized spacial score (nSPS) is 30.1. The van der Waals surface area contributed by atoms with Crippen molar-refractivity contribution in [2.45, 2.75) is 31.7 Å². The van der Waals surface area contributed by atoms with Crippen LogP contribution in [-0.2, 0) is 9.53 Å². The van der Waals surface area contributed by atoms with Gasteiger partial charge in [0.15, 0.2) is 0 Å². The first-order valence-electron chi connectivity index (χ1n) is 4.64. The number of hydrogen-bond donors (Lipinski definition) is 1. The number of carbonyl (C=O) groups excluding carboxylic acids is 1. The third-order valence-electron chi connectivity index (χ3n) is 2.43. The molecule has 0 saturated carbocycles. The van der Waals surface area contributed by atoms with Gasteiger partial charge in [-0.1, -0.05) is 0 Å². The summed E-state index contributed by atoms with van der Waals surface area (Å²) in [5.41, 5.74) is 0. The fourth-order valence-corrected chi connectivity index (χ4v) is 1.49. The van der Waals surface area contributed by atoms with Gasteiger partial charge in [-0.2, -0.15) is 0 Å². The molecule has 1 N–H and O–H groups in total. The number of hydrogen-bond acceptors (Lipinski definition) is 2. The fourth-order valence-electron chi connectivity index (χ4n) is 1.42. The Kier molecular flexibility index (Phi) is 4.00. The van der Waals surface area contributed by atoms with Crippen LogP contribution in [0.15, 0.2) is 0 Å². The van der Waals surface area contributed by atoms with Crippen molar-refractivity contribution in [2.24, 2.45) is 5.92 Å². The number of ether oxygens (including phenoxy) is 1. The second-order valence-electron chi connectivity index (χ2n) is 3.49. The van der Waals surface area contributed by atoms with Gasteiger partial charge in [-0.25, -0.2) is 0 Å². The lowest BCUT2D eigenvalue weighted by atomic mass is 10.0. The number of carbonyl (C=O) groups is 1. The molecule has 0 radical (unpaired) electrons. The average molecular weight is 206 g/mol. The number of alkyl halides is 1. The molecule has 0 aromatic heterocycles. The van der Waals surface area contributed by atoms with Gasteiger partial charge in [-0.15, -0.1) is 11.6 Å². The highest BCUT2D eigenvalue weighted by atomic mass is 35.5. The Labute approximate surface area is 83.8 Å². The third kappa shape index (κ3) is 3.16. The van der Waals surface area contributed by atoms with Gasteiger partial charge in [0.2, 0.25) is 5.91 Å². The summed E-state index contributed by atoms with van der Waals surface area (Å²) >= 11 is 5.61. The molecule has 1 saturated heterocycles. The molecule has 3 atom stereocenters. The Morgan fingerprint density at radius 3 is 2.92 bits per heavy atom. The molecule has 0 aromatic rings. The van der Waals surface area contributed by atoms with Crippen molar-refractivity contribution in [2.75, 3.05) is 13.2 Å². The van der Waals surface area contributed by atoms with Crippen LogP contribution in [0, 0.1) is 5.92 Å². The maximum atomic E-state index is 11.1. The zero-order valence-electron chi connectivity index (χ0n) is 8.05. The van der Waals surface area contributed by atoms with Gasteiger partial charge >= 0.3 is 0 Å². The van der Waals surface area contributed by atoms with Crippen LogP contribution in [0.2, 0.25) is 0 Å². The smallest absolute Gasteiger partial charge is 0.237 e. The Bertz CT molecular complexity index is 184. The summed E-state index contributed by atoms with van der Waals surface area (Å²) < 4.78 is 5.37. The van der Waals surface area contributed by atoms with E-state index < -0.39 is 5.38 Å². The summed E-state index contributed by atoms with van der Waals surface area (Å²) in [4.78, 5) is 11.1. The molecular weight excluding hydrogens is 190 g/mol. The van der Waals surface area contributed by atoms with E-state index in [1.807, 2.05) is 6.92 Å². The van der Waals surface area contributed by atoms with Crippen LogP contribution in [0.5, 0.6) is 0 Å². The first kappa shape index (κ1) is 10.8. The van der Waals surface area contributed by atoms with Crippen LogP contribution in [0.3, 0.4) is 0 Å². The quantitative estimate of drug-likeness (QED) is 0.703. The summed E-state index contributed by atoms with van der Waals surface area (Å²) in [7, 11) is 0. The number of amides is 1. The lowest BCUT2D eigenvalue weighted by Crippen LogP contribution is -2.35. The third-order valence-corrected chi connectivity index (χ3v) is 2.63. The van der Waals surface area contributed by atoms with Crippen LogP contribution >= 0.6 is 11.6 Å². The molecule has 0 bridgehead atoms. The first-order valence-corrected chi connectivity index (χ1v) is 5.08. The highest BCUT2D eigenvalue weighted by Crippen LogP contribution is 2.19. The number of halogens is 1. The molecule has 1 fully saturated rings. The Morgan fingerprint density at radius 1 is 1.77 bits per heavy atom. The molecule has 0 aromatic carbocycles. The van der Waals surface area contributed by atoms with E-state index in [4.69, 9.17) is 16.3 Å². The van der Waals surface area contributed by atoms with E-state index in [0.717, 1.165) is 13.0 Å².